The number of nitrogens with zero attached hydrogens (tertiary/aromatic N) is 3. The second-order valence-electron chi connectivity index (χ2n) is 1.92. The van der Waals surface area contributed by atoms with Gasteiger partial charge in [0.2, 0.25) is 0 Å². The molecule has 0 aliphatic carbocycles. The topological polar surface area (TPSA) is 92.4 Å². The Morgan fingerprint density at radius 1 is 1.70 bits per heavy atom. The van der Waals surface area contributed by atoms with Crippen LogP contribution in [0.2, 0.25) is 0 Å². The fourth-order valence-electron chi connectivity index (χ4n) is 0.489. The highest BCUT2D eigenvalue weighted by Crippen LogP contribution is 1.86. The molecule has 0 saturated carbocycles. The first-order valence-electron chi connectivity index (χ1n) is 3.03. The molecular formula is C4H12N4O2. The van der Waals surface area contributed by atoms with Crippen LogP contribution in [0.4, 0.5) is 0 Å². The molecule has 0 aliphatic rings. The van der Waals surface area contributed by atoms with Gasteiger partial charge >= 0.3 is 0 Å². The first-order valence-corrected chi connectivity index (χ1v) is 3.03. The predicted octanol–water partition coefficient (Wildman–Crippen LogP) is -1.07. The molecule has 0 radical (unpaired) electrons. The van der Waals surface area contributed by atoms with Crippen LogP contribution in [0.25, 0.3) is 0 Å². The van der Waals surface area contributed by atoms with Crippen LogP contribution < -0.4 is 5.73 Å². The van der Waals surface area contributed by atoms with Crippen LogP contribution in [-0.4, -0.2) is 30.1 Å². The van der Waals surface area contributed by atoms with Gasteiger partial charge in [-0.15, -0.1) is 0 Å². The smallest absolute Gasteiger partial charge is 0.0817 e. The van der Waals surface area contributed by atoms with E-state index in [1.807, 2.05) is 0 Å². The molecule has 0 heterocycles. The lowest BCUT2D eigenvalue weighted by Gasteiger charge is -2.12. The largest absolute Gasteiger partial charge is 0.737 e. The van der Waals surface area contributed by atoms with Crippen molar-refractivity contribution in [2.75, 3.05) is 20.1 Å². The van der Waals surface area contributed by atoms with E-state index in [1.54, 1.807) is 0 Å². The summed E-state index contributed by atoms with van der Waals surface area (Å²) in [7, 11) is 1.50. The third-order valence-corrected chi connectivity index (χ3v) is 1.09. The first-order chi connectivity index (χ1) is 4.72. The van der Waals surface area contributed by atoms with E-state index in [0.717, 1.165) is 13.0 Å². The lowest BCUT2D eigenvalue weighted by atomic mass is 10.4. The minimum Gasteiger partial charge on any atom is -0.737 e. The molecule has 10 heavy (non-hydrogen) atoms. The van der Waals surface area contributed by atoms with E-state index >= 15 is 0 Å². The second-order valence-corrected chi connectivity index (χ2v) is 1.92. The van der Waals surface area contributed by atoms with Crippen LogP contribution in [0, 0.1) is 10.4 Å². The third kappa shape index (κ3) is 3.08. The van der Waals surface area contributed by atoms with Gasteiger partial charge in [-0.25, -0.2) is 0 Å². The Labute approximate surface area is 59.1 Å². The second kappa shape index (κ2) is 4.80. The molecule has 0 aromatic carbocycles. The van der Waals surface area contributed by atoms with Gasteiger partial charge in [-0.3, -0.25) is 0 Å². The van der Waals surface area contributed by atoms with Crippen molar-refractivity contribution in [1.29, 1.82) is 0 Å². The zero-order valence-corrected chi connectivity index (χ0v) is 5.99. The Morgan fingerprint density at radius 2 is 2.30 bits per heavy atom. The minimum absolute atomic E-state index is 0.0235. The van der Waals surface area contributed by atoms with E-state index in [1.165, 1.54) is 12.1 Å². The molecule has 6 heteroatoms. The molecule has 0 spiro atoms. The highest BCUT2D eigenvalue weighted by atomic mass is 16.6. The van der Waals surface area contributed by atoms with Gasteiger partial charge in [-0.05, 0) is 5.28 Å². The summed E-state index contributed by atoms with van der Waals surface area (Å²) in [6.07, 6.45) is 0.783. The summed E-state index contributed by atoms with van der Waals surface area (Å²) in [5, 5.41) is 23.3. The summed E-state index contributed by atoms with van der Waals surface area (Å²) in [5.74, 6) is 0. The fourth-order valence-corrected chi connectivity index (χ4v) is 0.489. The molecule has 0 rings (SSSR count). The first kappa shape index (κ1) is 8.96. The third-order valence-electron chi connectivity index (χ3n) is 1.09. The van der Waals surface area contributed by atoms with E-state index in [9.17, 15) is 10.4 Å². The SMILES string of the molecule is CN(CCC[NH3+])/[N+]([O-])=N\[O-]. The molecule has 0 aromatic heterocycles. The number of hydrogen-bond acceptors (Lipinski definition) is 3. The van der Waals surface area contributed by atoms with E-state index in [2.05, 4.69) is 11.0 Å². The highest BCUT2D eigenvalue weighted by Gasteiger charge is 2.01. The number of hydrazine groups is 1. The van der Waals surface area contributed by atoms with Crippen LogP contribution in [-0.2, 0) is 0 Å². The van der Waals surface area contributed by atoms with Gasteiger partial charge in [-0.1, -0.05) is 0 Å². The summed E-state index contributed by atoms with van der Waals surface area (Å²) < 4.78 is 0. The van der Waals surface area contributed by atoms with Gasteiger partial charge < -0.3 is 16.1 Å². The van der Waals surface area contributed by atoms with Gasteiger partial charge in [-0.2, -0.15) is 5.01 Å². The van der Waals surface area contributed by atoms with Crippen molar-refractivity contribution in [3.63, 3.8) is 0 Å². The number of quaternary nitrogens is 1. The van der Waals surface area contributed by atoms with Gasteiger partial charge in [0.15, 0.2) is 0 Å². The van der Waals surface area contributed by atoms with Crippen LogP contribution in [0.15, 0.2) is 5.28 Å². The van der Waals surface area contributed by atoms with Gasteiger partial charge in [0.1, 0.15) is 0 Å². The van der Waals surface area contributed by atoms with Gasteiger partial charge in [0.25, 0.3) is 0 Å². The summed E-state index contributed by atoms with van der Waals surface area (Å²) >= 11 is 0. The Bertz CT molecular complexity index is 116. The number of hydrogen-bond donors (Lipinski definition) is 1. The zero-order chi connectivity index (χ0) is 7.98. The Balaban J connectivity index is 3.51. The summed E-state index contributed by atoms with van der Waals surface area (Å²) in [5.41, 5.74) is 3.59. The maximum absolute atomic E-state index is 10.4. The van der Waals surface area contributed by atoms with Crippen molar-refractivity contribution in [3.8, 4) is 0 Å². The predicted molar refractivity (Wildman–Crippen MR) is 34.4 cm³/mol. The van der Waals surface area contributed by atoms with Crippen molar-refractivity contribution in [3.05, 3.63) is 10.4 Å². The molecule has 0 amide bonds. The quantitative estimate of drug-likeness (QED) is 0.312. The van der Waals surface area contributed by atoms with Crippen LogP contribution in [0.1, 0.15) is 6.42 Å². The van der Waals surface area contributed by atoms with Crippen molar-refractivity contribution in [1.82, 2.24) is 5.01 Å². The molecule has 0 saturated heterocycles. The average Bonchev–Trinajstić information content (AvgIpc) is 1.98. The molecule has 0 aromatic rings. The van der Waals surface area contributed by atoms with Crippen molar-refractivity contribution in [2.24, 2.45) is 5.28 Å². The molecule has 3 N–H and O–H groups in total. The molecular weight excluding hydrogens is 136 g/mol. The highest BCUT2D eigenvalue weighted by molar-refractivity contribution is 4.35. The standard InChI is InChI=1S/C4H12N4O2/c1-7(4-2-3-5)8(10)6-9/h9H,2-5H2,1H3/b8-6+. The lowest BCUT2D eigenvalue weighted by molar-refractivity contribution is -0.684. The van der Waals surface area contributed by atoms with Crippen LogP contribution >= 0.6 is 0 Å². The average molecular weight is 148 g/mol. The van der Waals surface area contributed by atoms with Crippen molar-refractivity contribution in [2.45, 2.75) is 6.42 Å². The van der Waals surface area contributed by atoms with E-state index in [-0.39, 0.29) is 4.97 Å². The molecule has 0 atom stereocenters. The van der Waals surface area contributed by atoms with E-state index in [4.69, 9.17) is 0 Å². The summed E-state index contributed by atoms with van der Waals surface area (Å²) in [6.45, 7) is 1.26. The van der Waals surface area contributed by atoms with Crippen molar-refractivity contribution >= 4 is 0 Å². The van der Waals surface area contributed by atoms with E-state index in [0.29, 0.717) is 6.54 Å². The molecule has 6 nitrogen and oxygen atoms in total. The Hall–Kier alpha value is -1.04. The monoisotopic (exact) mass is 148 g/mol. The number of rotatable bonds is 4. The van der Waals surface area contributed by atoms with Crippen molar-refractivity contribution < 1.29 is 10.7 Å². The minimum atomic E-state index is 0.0235. The van der Waals surface area contributed by atoms with Gasteiger partial charge in [0.05, 0.1) is 20.1 Å². The molecule has 0 unspecified atom stereocenters. The normalized spacial score (nSPS) is 11.6. The maximum Gasteiger partial charge on any atom is 0.0817 e. The summed E-state index contributed by atoms with van der Waals surface area (Å²) in [4.78, 5) is 0.0235. The maximum atomic E-state index is 10.4. The Morgan fingerprint density at radius 3 is 2.70 bits per heavy atom. The van der Waals surface area contributed by atoms with Crippen LogP contribution in [0.3, 0.4) is 0 Å². The summed E-state index contributed by atoms with van der Waals surface area (Å²) in [6, 6.07) is 0. The molecule has 0 fully saturated rings. The Kier molecular flexibility index (Phi) is 4.30. The molecule has 0 bridgehead atoms. The zero-order valence-electron chi connectivity index (χ0n) is 5.99. The van der Waals surface area contributed by atoms with Crippen LogP contribution in [0.5, 0.6) is 0 Å². The molecule has 60 valence electrons. The van der Waals surface area contributed by atoms with Gasteiger partial charge in [0, 0.05) is 11.4 Å². The van der Waals surface area contributed by atoms with E-state index < -0.39 is 0 Å². The lowest BCUT2D eigenvalue weighted by Crippen LogP contribution is -2.51. The fraction of sp³-hybridized carbons (Fsp3) is 1.00. The molecule has 0 aliphatic heterocycles.